The third-order valence-electron chi connectivity index (χ3n) is 2.04. The quantitative estimate of drug-likeness (QED) is 0.562. The molecule has 1 N–H and O–H groups in total. The van der Waals surface area contributed by atoms with Crippen LogP contribution in [0.5, 0.6) is 0 Å². The Morgan fingerprint density at radius 3 is 2.80 bits per heavy atom. The Hall–Kier alpha value is -0.790. The van der Waals surface area contributed by atoms with Crippen molar-refractivity contribution in [3.05, 3.63) is 12.2 Å². The fourth-order valence-electron chi connectivity index (χ4n) is 1.33. The summed E-state index contributed by atoms with van der Waals surface area (Å²) in [5.74, 6) is -0.590. The van der Waals surface area contributed by atoms with Crippen LogP contribution in [-0.2, 0) is 4.79 Å². The predicted molar refractivity (Wildman–Crippen MR) is 38.7 cm³/mol. The van der Waals surface area contributed by atoms with E-state index in [1.165, 1.54) is 0 Å². The Bertz CT molecular complexity index is 161. The van der Waals surface area contributed by atoms with Crippen molar-refractivity contribution in [1.29, 1.82) is 0 Å². The summed E-state index contributed by atoms with van der Waals surface area (Å²) in [5.41, 5.74) is 0. The molecule has 0 bridgehead atoms. The van der Waals surface area contributed by atoms with Crippen molar-refractivity contribution >= 4 is 5.97 Å². The largest absolute Gasteiger partial charge is 0.481 e. The van der Waals surface area contributed by atoms with E-state index < -0.39 is 5.97 Å². The summed E-state index contributed by atoms with van der Waals surface area (Å²) in [6, 6.07) is 0. The molecule has 1 aliphatic rings. The molecule has 1 aliphatic carbocycles. The van der Waals surface area contributed by atoms with Crippen molar-refractivity contribution in [3.63, 3.8) is 0 Å². The zero-order chi connectivity index (χ0) is 7.56. The number of allylic oxidation sites excluding steroid dienone is 2. The number of carbonyl (C=O) groups is 1. The van der Waals surface area contributed by atoms with Gasteiger partial charge in [0.1, 0.15) is 0 Å². The SMILES string of the molecule is CC1C=CCCC1C(=O)O. The Labute approximate surface area is 60.6 Å². The number of rotatable bonds is 1. The van der Waals surface area contributed by atoms with Gasteiger partial charge in [-0.15, -0.1) is 0 Å². The van der Waals surface area contributed by atoms with Gasteiger partial charge in [-0.3, -0.25) is 4.79 Å². The molecule has 0 aromatic heterocycles. The lowest BCUT2D eigenvalue weighted by molar-refractivity contribution is -0.143. The van der Waals surface area contributed by atoms with Crippen LogP contribution in [0.1, 0.15) is 19.8 Å². The van der Waals surface area contributed by atoms with Crippen LogP contribution in [0.4, 0.5) is 0 Å². The van der Waals surface area contributed by atoms with Crippen molar-refractivity contribution in [2.75, 3.05) is 0 Å². The van der Waals surface area contributed by atoms with Gasteiger partial charge in [-0.1, -0.05) is 19.1 Å². The molecule has 0 saturated heterocycles. The summed E-state index contributed by atoms with van der Waals surface area (Å²) in [5, 5.41) is 8.67. The molecule has 2 atom stereocenters. The van der Waals surface area contributed by atoms with Crippen molar-refractivity contribution < 1.29 is 9.90 Å². The van der Waals surface area contributed by atoms with E-state index in [0.29, 0.717) is 0 Å². The highest BCUT2D eigenvalue weighted by Crippen LogP contribution is 2.23. The van der Waals surface area contributed by atoms with E-state index in [1.807, 2.05) is 13.0 Å². The van der Waals surface area contributed by atoms with E-state index in [-0.39, 0.29) is 11.8 Å². The fraction of sp³-hybridized carbons (Fsp3) is 0.625. The molecule has 0 aliphatic heterocycles. The first-order valence-electron chi connectivity index (χ1n) is 3.61. The minimum Gasteiger partial charge on any atom is -0.481 e. The highest BCUT2D eigenvalue weighted by molar-refractivity contribution is 5.70. The molecule has 2 nitrogen and oxygen atoms in total. The van der Waals surface area contributed by atoms with E-state index in [0.717, 1.165) is 12.8 Å². The maximum absolute atomic E-state index is 10.5. The van der Waals surface area contributed by atoms with E-state index in [2.05, 4.69) is 6.08 Å². The molecule has 10 heavy (non-hydrogen) atoms. The van der Waals surface area contributed by atoms with Gasteiger partial charge in [0.2, 0.25) is 0 Å². The van der Waals surface area contributed by atoms with Crippen LogP contribution in [0.25, 0.3) is 0 Å². The third-order valence-corrected chi connectivity index (χ3v) is 2.04. The molecule has 0 saturated carbocycles. The Morgan fingerprint density at radius 1 is 1.70 bits per heavy atom. The van der Waals surface area contributed by atoms with E-state index in [9.17, 15) is 4.79 Å². The number of hydrogen-bond acceptors (Lipinski definition) is 1. The van der Waals surface area contributed by atoms with Crippen LogP contribution in [0.15, 0.2) is 12.2 Å². The van der Waals surface area contributed by atoms with Gasteiger partial charge in [0, 0.05) is 0 Å². The highest BCUT2D eigenvalue weighted by atomic mass is 16.4. The van der Waals surface area contributed by atoms with Crippen LogP contribution in [0, 0.1) is 11.8 Å². The molecule has 56 valence electrons. The van der Waals surface area contributed by atoms with Crippen LogP contribution in [0.2, 0.25) is 0 Å². The first-order chi connectivity index (χ1) is 4.72. The molecule has 0 spiro atoms. The average Bonchev–Trinajstić information content (AvgIpc) is 1.88. The summed E-state index contributed by atoms with van der Waals surface area (Å²) in [7, 11) is 0. The van der Waals surface area contributed by atoms with Gasteiger partial charge in [-0.05, 0) is 18.8 Å². The van der Waals surface area contributed by atoms with Gasteiger partial charge in [0.15, 0.2) is 0 Å². The molecular formula is C8H12O2. The average molecular weight is 140 g/mol. The van der Waals surface area contributed by atoms with Gasteiger partial charge in [-0.2, -0.15) is 0 Å². The number of aliphatic carboxylic acids is 1. The van der Waals surface area contributed by atoms with Gasteiger partial charge >= 0.3 is 5.97 Å². The lowest BCUT2D eigenvalue weighted by Gasteiger charge is -2.19. The fourth-order valence-corrected chi connectivity index (χ4v) is 1.33. The van der Waals surface area contributed by atoms with Crippen LogP contribution < -0.4 is 0 Å². The second-order valence-electron chi connectivity index (χ2n) is 2.81. The molecule has 0 radical (unpaired) electrons. The minimum absolute atomic E-state index is 0.148. The molecule has 0 aromatic rings. The Morgan fingerprint density at radius 2 is 2.40 bits per heavy atom. The first kappa shape index (κ1) is 7.32. The Kier molecular flexibility index (Phi) is 2.10. The predicted octanol–water partition coefficient (Wildman–Crippen LogP) is 1.67. The van der Waals surface area contributed by atoms with E-state index in [1.54, 1.807) is 0 Å². The van der Waals surface area contributed by atoms with Gasteiger partial charge in [0.05, 0.1) is 5.92 Å². The van der Waals surface area contributed by atoms with Gasteiger partial charge in [-0.25, -0.2) is 0 Å². The second kappa shape index (κ2) is 2.86. The van der Waals surface area contributed by atoms with Crippen LogP contribution in [0.3, 0.4) is 0 Å². The number of carboxylic acids is 1. The molecule has 2 unspecified atom stereocenters. The maximum Gasteiger partial charge on any atom is 0.307 e. The summed E-state index contributed by atoms with van der Waals surface area (Å²) >= 11 is 0. The maximum atomic E-state index is 10.5. The van der Waals surface area contributed by atoms with Crippen molar-refractivity contribution in [2.24, 2.45) is 11.8 Å². The first-order valence-corrected chi connectivity index (χ1v) is 3.61. The summed E-state index contributed by atoms with van der Waals surface area (Å²) in [6.45, 7) is 1.95. The molecule has 0 amide bonds. The van der Waals surface area contributed by atoms with Gasteiger partial charge < -0.3 is 5.11 Å². The molecule has 2 heteroatoms. The zero-order valence-electron chi connectivity index (χ0n) is 6.08. The highest BCUT2D eigenvalue weighted by Gasteiger charge is 2.23. The van der Waals surface area contributed by atoms with E-state index in [4.69, 9.17) is 5.11 Å². The number of carboxylic acid groups (broad SMARTS) is 1. The minimum atomic E-state index is -0.656. The molecular weight excluding hydrogens is 128 g/mol. The number of hydrogen-bond donors (Lipinski definition) is 1. The smallest absolute Gasteiger partial charge is 0.307 e. The lowest BCUT2D eigenvalue weighted by Crippen LogP contribution is -2.21. The normalized spacial score (nSPS) is 32.1. The second-order valence-corrected chi connectivity index (χ2v) is 2.81. The monoisotopic (exact) mass is 140 g/mol. The molecule has 1 rings (SSSR count). The van der Waals surface area contributed by atoms with Crippen molar-refractivity contribution in [3.8, 4) is 0 Å². The van der Waals surface area contributed by atoms with Crippen molar-refractivity contribution in [1.82, 2.24) is 0 Å². The van der Waals surface area contributed by atoms with Crippen molar-refractivity contribution in [2.45, 2.75) is 19.8 Å². The third kappa shape index (κ3) is 1.38. The van der Waals surface area contributed by atoms with Crippen LogP contribution >= 0.6 is 0 Å². The summed E-state index contributed by atoms with van der Waals surface area (Å²) in [6.07, 6.45) is 5.76. The molecule has 0 aromatic carbocycles. The Balaban J connectivity index is 2.60. The zero-order valence-corrected chi connectivity index (χ0v) is 6.08. The summed E-state index contributed by atoms with van der Waals surface area (Å²) < 4.78 is 0. The lowest BCUT2D eigenvalue weighted by atomic mass is 9.85. The molecule has 0 heterocycles. The summed E-state index contributed by atoms with van der Waals surface area (Å²) in [4.78, 5) is 10.5. The standard InChI is InChI=1S/C8H12O2/c1-6-4-2-3-5-7(6)8(9)10/h2,4,6-7H,3,5H2,1H3,(H,9,10). The molecule has 0 fully saturated rings. The topological polar surface area (TPSA) is 37.3 Å². The van der Waals surface area contributed by atoms with E-state index >= 15 is 0 Å². The van der Waals surface area contributed by atoms with Gasteiger partial charge in [0.25, 0.3) is 0 Å². The van der Waals surface area contributed by atoms with Crippen LogP contribution in [-0.4, -0.2) is 11.1 Å².